The van der Waals surface area contributed by atoms with Gasteiger partial charge in [-0.15, -0.1) is 24.8 Å². The van der Waals surface area contributed by atoms with Crippen molar-refractivity contribution in [3.63, 3.8) is 0 Å². The summed E-state index contributed by atoms with van der Waals surface area (Å²) in [6, 6.07) is 0. The van der Waals surface area contributed by atoms with Crippen molar-refractivity contribution in [2.45, 2.75) is 12.8 Å². The van der Waals surface area contributed by atoms with Gasteiger partial charge in [0.05, 0.1) is 0 Å². The number of hydrogen-bond acceptors (Lipinski definition) is 0. The lowest BCUT2D eigenvalue weighted by atomic mass is 9.99. The summed E-state index contributed by atoms with van der Waals surface area (Å²) in [5.74, 6) is 2.69. The summed E-state index contributed by atoms with van der Waals surface area (Å²) in [7, 11) is 0. The Morgan fingerprint density at radius 2 is 2.00 bits per heavy atom. The third kappa shape index (κ3) is 1.87. The highest BCUT2D eigenvalue weighted by Gasteiger charge is 2.29. The van der Waals surface area contributed by atoms with Crippen LogP contribution in [0.25, 0.3) is 0 Å². The second kappa shape index (κ2) is 3.96. The van der Waals surface area contributed by atoms with E-state index in [9.17, 15) is 0 Å². The van der Waals surface area contributed by atoms with Crippen LogP contribution in [0.2, 0.25) is 0 Å². The molecule has 1 aliphatic carbocycles. The molecule has 0 saturated heterocycles. The quantitative estimate of drug-likeness (QED) is 0.451. The van der Waals surface area contributed by atoms with E-state index in [0.717, 1.165) is 5.88 Å². The summed E-state index contributed by atoms with van der Waals surface area (Å²) in [5, 5.41) is 0. The molecule has 0 radical (unpaired) electrons. The Hall–Kier alpha value is -0.230. The first-order valence-corrected chi connectivity index (χ1v) is 4.66. The molecule has 0 nitrogen and oxygen atoms in total. The van der Waals surface area contributed by atoms with Gasteiger partial charge in [-0.05, 0) is 30.6 Å². The maximum atomic E-state index is 5.82. The molecule has 0 amide bonds. The van der Waals surface area contributed by atoms with Gasteiger partial charge in [-0.1, -0.05) is 12.2 Å². The van der Waals surface area contributed by atoms with Crippen molar-refractivity contribution in [3.05, 3.63) is 25.3 Å². The lowest BCUT2D eigenvalue weighted by Crippen LogP contribution is -2.05. The third-order valence-corrected chi connectivity index (χ3v) is 3.02. The van der Waals surface area contributed by atoms with Crippen LogP contribution >= 0.6 is 11.6 Å². The molecule has 0 N–H and O–H groups in total. The molecular formula is C10H15Cl. The van der Waals surface area contributed by atoms with Gasteiger partial charge in [0.2, 0.25) is 0 Å². The Bertz CT molecular complexity index is 151. The Labute approximate surface area is 73.9 Å². The van der Waals surface area contributed by atoms with Crippen LogP contribution in [0.15, 0.2) is 25.3 Å². The van der Waals surface area contributed by atoms with Gasteiger partial charge >= 0.3 is 0 Å². The monoisotopic (exact) mass is 170 g/mol. The fourth-order valence-electron chi connectivity index (χ4n) is 1.86. The number of halogens is 1. The molecule has 1 aliphatic rings. The predicted octanol–water partition coefficient (Wildman–Crippen LogP) is 3.24. The van der Waals surface area contributed by atoms with E-state index in [0.29, 0.717) is 17.8 Å². The normalized spacial score (nSPS) is 37.0. The highest BCUT2D eigenvalue weighted by atomic mass is 35.5. The van der Waals surface area contributed by atoms with Crippen LogP contribution in [-0.4, -0.2) is 5.88 Å². The summed E-state index contributed by atoms with van der Waals surface area (Å²) in [5.41, 5.74) is 0. The lowest BCUT2D eigenvalue weighted by Gasteiger charge is -2.10. The molecule has 3 unspecified atom stereocenters. The Balaban J connectivity index is 2.53. The maximum Gasteiger partial charge on any atom is 0.0257 e. The number of allylic oxidation sites excluding steroid dienone is 2. The summed E-state index contributed by atoms with van der Waals surface area (Å²) < 4.78 is 0. The van der Waals surface area contributed by atoms with E-state index in [1.807, 2.05) is 12.2 Å². The molecule has 0 heterocycles. The minimum Gasteiger partial charge on any atom is -0.126 e. The summed E-state index contributed by atoms with van der Waals surface area (Å²) in [6.45, 7) is 7.62. The van der Waals surface area contributed by atoms with Crippen LogP contribution in [-0.2, 0) is 0 Å². The smallest absolute Gasteiger partial charge is 0.0257 e. The Morgan fingerprint density at radius 3 is 2.36 bits per heavy atom. The SMILES string of the molecule is C=CC1CC(C=C)C(CCl)C1. The van der Waals surface area contributed by atoms with Crippen molar-refractivity contribution in [3.8, 4) is 0 Å². The molecule has 1 rings (SSSR count). The highest BCUT2D eigenvalue weighted by molar-refractivity contribution is 6.18. The van der Waals surface area contributed by atoms with Gasteiger partial charge in [0, 0.05) is 5.88 Å². The van der Waals surface area contributed by atoms with Gasteiger partial charge in [-0.3, -0.25) is 0 Å². The minimum absolute atomic E-state index is 0.621. The van der Waals surface area contributed by atoms with E-state index in [1.165, 1.54) is 12.8 Å². The Kier molecular flexibility index (Phi) is 3.19. The molecule has 62 valence electrons. The fourth-order valence-corrected chi connectivity index (χ4v) is 2.22. The zero-order valence-electron chi connectivity index (χ0n) is 6.80. The summed E-state index contributed by atoms with van der Waals surface area (Å²) >= 11 is 5.82. The van der Waals surface area contributed by atoms with Gasteiger partial charge in [0.25, 0.3) is 0 Å². The molecule has 0 aromatic rings. The van der Waals surface area contributed by atoms with Gasteiger partial charge < -0.3 is 0 Å². The van der Waals surface area contributed by atoms with Crippen molar-refractivity contribution < 1.29 is 0 Å². The van der Waals surface area contributed by atoms with Crippen molar-refractivity contribution in [1.29, 1.82) is 0 Å². The molecule has 0 aromatic carbocycles. The van der Waals surface area contributed by atoms with Crippen LogP contribution in [0.1, 0.15) is 12.8 Å². The van der Waals surface area contributed by atoms with Crippen LogP contribution in [0, 0.1) is 17.8 Å². The maximum absolute atomic E-state index is 5.82. The van der Waals surface area contributed by atoms with Crippen molar-refractivity contribution in [2.75, 3.05) is 5.88 Å². The summed E-state index contributed by atoms with van der Waals surface area (Å²) in [6.07, 6.45) is 6.48. The first kappa shape index (κ1) is 8.86. The third-order valence-electron chi connectivity index (χ3n) is 2.62. The number of hydrogen-bond donors (Lipinski definition) is 0. The van der Waals surface area contributed by atoms with Crippen molar-refractivity contribution in [2.24, 2.45) is 17.8 Å². The minimum atomic E-state index is 0.621. The highest BCUT2D eigenvalue weighted by Crippen LogP contribution is 2.38. The number of rotatable bonds is 3. The van der Waals surface area contributed by atoms with E-state index >= 15 is 0 Å². The van der Waals surface area contributed by atoms with Crippen molar-refractivity contribution in [1.82, 2.24) is 0 Å². The molecular weight excluding hydrogens is 156 g/mol. The van der Waals surface area contributed by atoms with E-state index in [1.54, 1.807) is 0 Å². The van der Waals surface area contributed by atoms with Gasteiger partial charge in [0.15, 0.2) is 0 Å². The largest absolute Gasteiger partial charge is 0.126 e. The topological polar surface area (TPSA) is 0 Å². The van der Waals surface area contributed by atoms with E-state index in [-0.39, 0.29) is 0 Å². The van der Waals surface area contributed by atoms with E-state index in [4.69, 9.17) is 11.6 Å². The second-order valence-corrected chi connectivity index (χ2v) is 3.59. The lowest BCUT2D eigenvalue weighted by molar-refractivity contribution is 0.509. The van der Waals surface area contributed by atoms with Gasteiger partial charge in [-0.2, -0.15) is 0 Å². The van der Waals surface area contributed by atoms with Crippen LogP contribution in [0.5, 0.6) is 0 Å². The first-order valence-electron chi connectivity index (χ1n) is 4.12. The van der Waals surface area contributed by atoms with Crippen molar-refractivity contribution >= 4 is 11.6 Å². The van der Waals surface area contributed by atoms with Gasteiger partial charge in [0.1, 0.15) is 0 Å². The molecule has 1 fully saturated rings. The van der Waals surface area contributed by atoms with E-state index < -0.39 is 0 Å². The zero-order valence-corrected chi connectivity index (χ0v) is 7.56. The first-order chi connectivity index (χ1) is 5.31. The molecule has 3 atom stereocenters. The number of alkyl halides is 1. The molecule has 0 aromatic heterocycles. The molecule has 0 spiro atoms. The second-order valence-electron chi connectivity index (χ2n) is 3.28. The fraction of sp³-hybridized carbons (Fsp3) is 0.600. The van der Waals surface area contributed by atoms with E-state index in [2.05, 4.69) is 13.2 Å². The predicted molar refractivity (Wildman–Crippen MR) is 50.8 cm³/mol. The zero-order chi connectivity index (χ0) is 8.27. The molecule has 1 saturated carbocycles. The Morgan fingerprint density at radius 1 is 1.27 bits per heavy atom. The van der Waals surface area contributed by atoms with Crippen LogP contribution < -0.4 is 0 Å². The average molecular weight is 171 g/mol. The molecule has 1 heteroatoms. The standard InChI is InChI=1S/C10H15Cl/c1-3-8-5-9(4-2)10(6-8)7-11/h3-4,8-10H,1-2,5-7H2. The average Bonchev–Trinajstić information content (AvgIpc) is 2.46. The summed E-state index contributed by atoms with van der Waals surface area (Å²) in [4.78, 5) is 0. The molecule has 0 aliphatic heterocycles. The van der Waals surface area contributed by atoms with Crippen LogP contribution in [0.3, 0.4) is 0 Å². The van der Waals surface area contributed by atoms with Gasteiger partial charge in [-0.25, -0.2) is 0 Å². The molecule has 11 heavy (non-hydrogen) atoms. The molecule has 0 bridgehead atoms. The van der Waals surface area contributed by atoms with Crippen LogP contribution in [0.4, 0.5) is 0 Å².